The van der Waals surface area contributed by atoms with Gasteiger partial charge in [-0.15, -0.1) is 0 Å². The minimum absolute atomic E-state index is 0.0799. The first-order chi connectivity index (χ1) is 9.56. The van der Waals surface area contributed by atoms with E-state index < -0.39 is 6.10 Å². The number of aliphatic hydroxyl groups is 1. The van der Waals surface area contributed by atoms with E-state index in [9.17, 15) is 9.50 Å². The fraction of sp³-hybridized carbons (Fsp3) is 0.647. The maximum Gasteiger partial charge on any atom is 0.130 e. The van der Waals surface area contributed by atoms with Gasteiger partial charge < -0.3 is 5.11 Å². The van der Waals surface area contributed by atoms with E-state index in [1.165, 1.54) is 25.3 Å². The molecule has 1 aromatic rings. The molecule has 0 saturated heterocycles. The Morgan fingerprint density at radius 2 is 1.65 bits per heavy atom. The van der Waals surface area contributed by atoms with Crippen molar-refractivity contribution in [2.24, 2.45) is 23.2 Å². The summed E-state index contributed by atoms with van der Waals surface area (Å²) in [5, 5.41) is 11.3. The van der Waals surface area contributed by atoms with Crippen LogP contribution in [0.25, 0.3) is 0 Å². The Balaban J connectivity index is 1.69. The lowest BCUT2D eigenvalue weighted by atomic mass is 9.47. The number of rotatable bonds is 2. The lowest BCUT2D eigenvalue weighted by Crippen LogP contribution is -2.49. The van der Waals surface area contributed by atoms with Crippen molar-refractivity contribution in [3.63, 3.8) is 0 Å². The molecule has 0 aromatic heterocycles. The molecule has 0 radical (unpaired) electrons. The topological polar surface area (TPSA) is 20.2 Å². The third-order valence-corrected chi connectivity index (χ3v) is 6.16. The standard InChI is InChI=1S/C17H20ClFO/c18-13-1-2-14(15(19)6-13)16(20)17-7-10-3-11(8-17)5-12(4-10)9-17/h1-2,6,10-12,16,20H,3-5,7-9H2. The zero-order chi connectivity index (χ0) is 13.9. The molecule has 4 aliphatic carbocycles. The molecule has 4 aliphatic rings. The summed E-state index contributed by atoms with van der Waals surface area (Å²) in [4.78, 5) is 0. The van der Waals surface area contributed by atoms with Crippen LogP contribution in [0.4, 0.5) is 4.39 Å². The number of aliphatic hydroxyl groups excluding tert-OH is 1. The minimum atomic E-state index is -0.673. The molecule has 1 unspecified atom stereocenters. The second kappa shape index (κ2) is 4.45. The highest BCUT2D eigenvalue weighted by atomic mass is 35.5. The SMILES string of the molecule is OC(c1ccc(Cl)cc1F)C12CC3CC(CC(C3)C1)C2. The molecular formula is C17H20ClFO. The van der Waals surface area contributed by atoms with Gasteiger partial charge in [-0.05, 0) is 68.4 Å². The third kappa shape index (κ3) is 1.92. The second-order valence-corrected chi connectivity index (χ2v) is 7.78. The van der Waals surface area contributed by atoms with Crippen molar-refractivity contribution in [2.45, 2.75) is 44.6 Å². The highest BCUT2D eigenvalue weighted by molar-refractivity contribution is 6.30. The largest absolute Gasteiger partial charge is 0.388 e. The molecule has 4 fully saturated rings. The Morgan fingerprint density at radius 1 is 1.10 bits per heavy atom. The van der Waals surface area contributed by atoms with Gasteiger partial charge in [-0.25, -0.2) is 4.39 Å². The van der Waals surface area contributed by atoms with Gasteiger partial charge in [-0.2, -0.15) is 0 Å². The summed E-state index contributed by atoms with van der Waals surface area (Å²) < 4.78 is 14.1. The van der Waals surface area contributed by atoms with E-state index in [4.69, 9.17) is 11.6 Å². The second-order valence-electron chi connectivity index (χ2n) is 7.35. The average molecular weight is 295 g/mol. The van der Waals surface area contributed by atoms with Crippen LogP contribution in [-0.2, 0) is 0 Å². The van der Waals surface area contributed by atoms with Crippen molar-refractivity contribution < 1.29 is 9.50 Å². The lowest BCUT2D eigenvalue weighted by Gasteiger charge is -2.58. The molecule has 0 amide bonds. The van der Waals surface area contributed by atoms with Crippen LogP contribution in [0.3, 0.4) is 0 Å². The van der Waals surface area contributed by atoms with Crippen molar-refractivity contribution in [2.75, 3.05) is 0 Å². The molecule has 20 heavy (non-hydrogen) atoms. The minimum Gasteiger partial charge on any atom is -0.388 e. The molecule has 0 spiro atoms. The average Bonchev–Trinajstić information content (AvgIpc) is 2.36. The quantitative estimate of drug-likeness (QED) is 0.836. The first-order valence-corrected chi connectivity index (χ1v) is 8.06. The van der Waals surface area contributed by atoms with E-state index >= 15 is 0 Å². The monoisotopic (exact) mass is 294 g/mol. The molecule has 108 valence electrons. The normalized spacial score (nSPS) is 40.0. The zero-order valence-corrected chi connectivity index (χ0v) is 12.2. The van der Waals surface area contributed by atoms with Crippen LogP contribution in [0.2, 0.25) is 5.02 Å². The highest BCUT2D eigenvalue weighted by Crippen LogP contribution is 2.64. The van der Waals surface area contributed by atoms with E-state index in [0.717, 1.165) is 37.0 Å². The van der Waals surface area contributed by atoms with Gasteiger partial charge >= 0.3 is 0 Å². The fourth-order valence-electron chi connectivity index (χ4n) is 5.57. The van der Waals surface area contributed by atoms with Crippen LogP contribution >= 0.6 is 11.6 Å². The Hall–Kier alpha value is -0.600. The van der Waals surface area contributed by atoms with Crippen LogP contribution in [0.15, 0.2) is 18.2 Å². The van der Waals surface area contributed by atoms with Gasteiger partial charge in [0.2, 0.25) is 0 Å². The first kappa shape index (κ1) is 13.1. The van der Waals surface area contributed by atoms with Crippen LogP contribution in [0.5, 0.6) is 0 Å². The van der Waals surface area contributed by atoms with Crippen LogP contribution in [0, 0.1) is 29.0 Å². The third-order valence-electron chi connectivity index (χ3n) is 5.92. The molecule has 5 rings (SSSR count). The van der Waals surface area contributed by atoms with Crippen LogP contribution < -0.4 is 0 Å². The Morgan fingerprint density at radius 3 is 2.15 bits per heavy atom. The number of halogens is 2. The molecule has 3 heteroatoms. The van der Waals surface area contributed by atoms with Crippen molar-refractivity contribution in [1.29, 1.82) is 0 Å². The van der Waals surface area contributed by atoms with Crippen LogP contribution in [0.1, 0.15) is 50.2 Å². The molecule has 4 bridgehead atoms. The summed E-state index contributed by atoms with van der Waals surface area (Å²) in [6.07, 6.45) is 6.53. The predicted molar refractivity (Wildman–Crippen MR) is 77.0 cm³/mol. The summed E-state index contributed by atoms with van der Waals surface area (Å²) in [7, 11) is 0. The van der Waals surface area contributed by atoms with Gasteiger partial charge in [-0.1, -0.05) is 17.7 Å². The van der Waals surface area contributed by atoms with Gasteiger partial charge in [0.05, 0.1) is 6.10 Å². The highest BCUT2D eigenvalue weighted by Gasteiger charge is 2.54. The molecule has 4 saturated carbocycles. The summed E-state index contributed by atoms with van der Waals surface area (Å²) in [5.41, 5.74) is 0.361. The molecule has 0 aliphatic heterocycles. The van der Waals surface area contributed by atoms with Crippen molar-refractivity contribution in [3.8, 4) is 0 Å². The Bertz CT molecular complexity index is 507. The number of hydrogen-bond donors (Lipinski definition) is 1. The maximum absolute atomic E-state index is 14.1. The molecule has 1 atom stereocenters. The summed E-state index contributed by atoms with van der Waals surface area (Å²) in [6.45, 7) is 0. The van der Waals surface area contributed by atoms with Crippen LogP contribution in [-0.4, -0.2) is 5.11 Å². The van der Waals surface area contributed by atoms with Gasteiger partial charge in [0.25, 0.3) is 0 Å². The smallest absolute Gasteiger partial charge is 0.130 e. The van der Waals surface area contributed by atoms with E-state index in [-0.39, 0.29) is 11.2 Å². The molecular weight excluding hydrogens is 275 g/mol. The van der Waals surface area contributed by atoms with Gasteiger partial charge in [0, 0.05) is 16.0 Å². The fourth-order valence-corrected chi connectivity index (χ4v) is 5.72. The number of benzene rings is 1. The predicted octanol–water partition coefficient (Wildman–Crippen LogP) is 4.73. The van der Waals surface area contributed by atoms with Crippen molar-refractivity contribution in [3.05, 3.63) is 34.6 Å². The first-order valence-electron chi connectivity index (χ1n) is 7.69. The van der Waals surface area contributed by atoms with E-state index in [1.54, 1.807) is 12.1 Å². The summed E-state index contributed by atoms with van der Waals surface area (Å²) >= 11 is 5.82. The summed E-state index contributed by atoms with van der Waals surface area (Å²) in [5.74, 6) is 1.91. The number of hydrogen-bond acceptors (Lipinski definition) is 1. The van der Waals surface area contributed by atoms with E-state index in [2.05, 4.69) is 0 Å². The van der Waals surface area contributed by atoms with Gasteiger partial charge in [0.15, 0.2) is 0 Å². The molecule has 1 N–H and O–H groups in total. The van der Waals surface area contributed by atoms with E-state index in [1.807, 2.05) is 0 Å². The zero-order valence-electron chi connectivity index (χ0n) is 11.5. The Kier molecular flexibility index (Phi) is 2.91. The molecule has 0 heterocycles. The molecule has 1 aromatic carbocycles. The van der Waals surface area contributed by atoms with Crippen molar-refractivity contribution >= 4 is 11.6 Å². The maximum atomic E-state index is 14.1. The Labute approximate surface area is 124 Å². The van der Waals surface area contributed by atoms with Gasteiger partial charge in [-0.3, -0.25) is 0 Å². The van der Waals surface area contributed by atoms with Gasteiger partial charge in [0.1, 0.15) is 5.82 Å². The lowest BCUT2D eigenvalue weighted by molar-refractivity contribution is -0.123. The molecule has 1 nitrogen and oxygen atoms in total. The van der Waals surface area contributed by atoms with E-state index in [0.29, 0.717) is 10.6 Å². The summed E-state index contributed by atoms with van der Waals surface area (Å²) in [6, 6.07) is 4.67. The van der Waals surface area contributed by atoms with Crippen molar-refractivity contribution in [1.82, 2.24) is 0 Å².